The van der Waals surface area contributed by atoms with Crippen LogP contribution in [0, 0.1) is 6.92 Å². The van der Waals surface area contributed by atoms with E-state index in [1.807, 2.05) is 37.3 Å². The minimum absolute atomic E-state index is 0.161. The van der Waals surface area contributed by atoms with Crippen molar-refractivity contribution in [3.8, 4) is 11.4 Å². The van der Waals surface area contributed by atoms with Gasteiger partial charge in [-0.2, -0.15) is 4.98 Å². The number of hydrogen-bond acceptors (Lipinski definition) is 7. The summed E-state index contributed by atoms with van der Waals surface area (Å²) < 4.78 is 12.1. The largest absolute Gasteiger partial charge is 0.463 e. The molecule has 0 atom stereocenters. The minimum Gasteiger partial charge on any atom is -0.463 e. The molecule has 3 aromatic heterocycles. The average molecular weight is 433 g/mol. The highest BCUT2D eigenvalue weighted by molar-refractivity contribution is 6.04. The van der Waals surface area contributed by atoms with Crippen molar-refractivity contribution in [2.24, 2.45) is 0 Å². The number of amides is 1. The summed E-state index contributed by atoms with van der Waals surface area (Å²) in [4.78, 5) is 33.2. The number of aryl methyl sites for hydroxylation is 2. The van der Waals surface area contributed by atoms with Gasteiger partial charge in [0.15, 0.2) is 0 Å². The lowest BCUT2D eigenvalue weighted by Crippen LogP contribution is -2.15. The maximum absolute atomic E-state index is 12.9. The number of pyridine rings is 1. The summed E-state index contributed by atoms with van der Waals surface area (Å²) in [6, 6.07) is 11.0. The van der Waals surface area contributed by atoms with Crippen LogP contribution in [0.3, 0.4) is 0 Å². The van der Waals surface area contributed by atoms with Crippen LogP contribution in [0.15, 0.2) is 53.3 Å². The van der Waals surface area contributed by atoms with Crippen LogP contribution < -0.4 is 5.32 Å². The van der Waals surface area contributed by atoms with Gasteiger partial charge in [-0.15, -0.1) is 0 Å². The van der Waals surface area contributed by atoms with Crippen LogP contribution >= 0.6 is 0 Å². The third-order valence-corrected chi connectivity index (χ3v) is 4.77. The molecule has 0 unspecified atom stereocenters. The zero-order valence-electron chi connectivity index (χ0n) is 18.0. The van der Waals surface area contributed by atoms with Gasteiger partial charge in [0.1, 0.15) is 11.3 Å². The molecular formula is C23H23N5O4. The number of aromatic nitrogens is 4. The van der Waals surface area contributed by atoms with Gasteiger partial charge in [-0.25, -0.2) is 4.98 Å². The van der Waals surface area contributed by atoms with Crippen molar-refractivity contribution in [3.63, 3.8) is 0 Å². The van der Waals surface area contributed by atoms with E-state index in [0.717, 1.165) is 5.56 Å². The molecule has 9 heteroatoms. The number of fused-ring (bicyclic) bond motifs is 1. The second kappa shape index (κ2) is 9.01. The van der Waals surface area contributed by atoms with Gasteiger partial charge in [-0.05, 0) is 44.5 Å². The van der Waals surface area contributed by atoms with Gasteiger partial charge in [0.05, 0.1) is 18.7 Å². The number of benzene rings is 1. The summed E-state index contributed by atoms with van der Waals surface area (Å²) in [6.07, 6.45) is 3.62. The fourth-order valence-electron chi connectivity index (χ4n) is 3.19. The molecule has 0 spiro atoms. The van der Waals surface area contributed by atoms with Crippen LogP contribution in [-0.4, -0.2) is 37.5 Å². The molecule has 9 nitrogen and oxygen atoms in total. The first-order chi connectivity index (χ1) is 15.4. The molecule has 4 rings (SSSR count). The lowest BCUT2D eigenvalue weighted by Gasteiger charge is -2.09. The Morgan fingerprint density at radius 3 is 2.88 bits per heavy atom. The Kier molecular flexibility index (Phi) is 5.98. The fourth-order valence-corrected chi connectivity index (χ4v) is 3.19. The van der Waals surface area contributed by atoms with E-state index in [0.29, 0.717) is 40.7 Å². The first-order valence-electron chi connectivity index (χ1n) is 10.3. The smallest absolute Gasteiger partial charge is 0.306 e. The molecule has 0 saturated carbocycles. The van der Waals surface area contributed by atoms with Crippen molar-refractivity contribution in [2.45, 2.75) is 39.7 Å². The van der Waals surface area contributed by atoms with Gasteiger partial charge >= 0.3 is 5.97 Å². The molecule has 0 bridgehead atoms. The third kappa shape index (κ3) is 4.66. The molecule has 0 fully saturated rings. The Morgan fingerprint density at radius 2 is 2.06 bits per heavy atom. The van der Waals surface area contributed by atoms with Gasteiger partial charge in [0, 0.05) is 23.9 Å². The molecule has 4 aromatic rings. The van der Waals surface area contributed by atoms with E-state index >= 15 is 0 Å². The van der Waals surface area contributed by atoms with Crippen LogP contribution in [0.5, 0.6) is 0 Å². The highest BCUT2D eigenvalue weighted by Gasteiger charge is 2.16. The molecule has 3 heterocycles. The maximum Gasteiger partial charge on any atom is 0.306 e. The summed E-state index contributed by atoms with van der Waals surface area (Å²) >= 11 is 0. The van der Waals surface area contributed by atoms with Crippen molar-refractivity contribution in [1.29, 1.82) is 0 Å². The van der Waals surface area contributed by atoms with Gasteiger partial charge in [-0.3, -0.25) is 14.0 Å². The van der Waals surface area contributed by atoms with Gasteiger partial charge in [0.25, 0.3) is 5.91 Å². The van der Waals surface area contributed by atoms with Crippen molar-refractivity contribution >= 4 is 23.2 Å². The molecule has 0 saturated heterocycles. The zero-order chi connectivity index (χ0) is 22.7. The number of carbonyl (C=O) groups is 2. The van der Waals surface area contributed by atoms with E-state index in [1.165, 1.54) is 0 Å². The fraction of sp³-hybridized carbons (Fsp3) is 0.261. The van der Waals surface area contributed by atoms with Crippen LogP contribution in [-0.2, 0) is 16.0 Å². The number of ether oxygens (including phenoxy) is 1. The number of nitrogens with one attached hydrogen (secondary N) is 1. The van der Waals surface area contributed by atoms with E-state index < -0.39 is 0 Å². The second-order valence-corrected chi connectivity index (χ2v) is 7.61. The molecule has 0 aliphatic rings. The molecule has 0 aliphatic carbocycles. The summed E-state index contributed by atoms with van der Waals surface area (Å²) in [5, 5.41) is 6.93. The summed E-state index contributed by atoms with van der Waals surface area (Å²) in [6.45, 7) is 5.49. The van der Waals surface area contributed by atoms with Gasteiger partial charge in [0.2, 0.25) is 11.7 Å². The normalized spacial score (nSPS) is 11.1. The molecule has 164 valence electrons. The van der Waals surface area contributed by atoms with Crippen molar-refractivity contribution < 1.29 is 18.8 Å². The Bertz CT molecular complexity index is 1270. The summed E-state index contributed by atoms with van der Waals surface area (Å²) in [5.41, 5.74) is 3.32. The number of esters is 1. The van der Waals surface area contributed by atoms with Crippen LogP contribution in [0.1, 0.15) is 42.2 Å². The van der Waals surface area contributed by atoms with Crippen molar-refractivity contribution in [2.75, 3.05) is 5.32 Å². The van der Waals surface area contributed by atoms with Gasteiger partial charge in [-0.1, -0.05) is 23.4 Å². The molecule has 1 amide bonds. The third-order valence-electron chi connectivity index (χ3n) is 4.77. The molecule has 0 radical (unpaired) electrons. The highest BCUT2D eigenvalue weighted by atomic mass is 16.5. The number of rotatable bonds is 7. The molecule has 32 heavy (non-hydrogen) atoms. The van der Waals surface area contributed by atoms with E-state index in [1.54, 1.807) is 36.7 Å². The maximum atomic E-state index is 12.9. The molecule has 1 N–H and O–H groups in total. The quantitative estimate of drug-likeness (QED) is 0.441. The van der Waals surface area contributed by atoms with E-state index in [4.69, 9.17) is 9.26 Å². The zero-order valence-corrected chi connectivity index (χ0v) is 18.0. The Labute approximate surface area is 184 Å². The second-order valence-electron chi connectivity index (χ2n) is 7.61. The van der Waals surface area contributed by atoms with Gasteiger partial charge < -0.3 is 14.6 Å². The van der Waals surface area contributed by atoms with E-state index in [2.05, 4.69) is 20.4 Å². The summed E-state index contributed by atoms with van der Waals surface area (Å²) in [5.74, 6) is 0.133. The molecule has 1 aromatic carbocycles. The highest BCUT2D eigenvalue weighted by Crippen LogP contribution is 2.24. The Hall–Kier alpha value is -4.01. The first-order valence-corrected chi connectivity index (χ1v) is 10.3. The molecule has 0 aliphatic heterocycles. The monoisotopic (exact) mass is 433 g/mol. The van der Waals surface area contributed by atoms with Crippen molar-refractivity contribution in [1.82, 2.24) is 19.5 Å². The number of nitrogens with zero attached hydrogens (tertiary/aromatic N) is 4. The predicted molar refractivity (Wildman–Crippen MR) is 117 cm³/mol. The predicted octanol–water partition coefficient (Wildman–Crippen LogP) is 3.83. The Balaban J connectivity index is 1.49. The number of anilines is 1. The minimum atomic E-state index is -0.313. The van der Waals surface area contributed by atoms with Crippen LogP contribution in [0.4, 0.5) is 5.69 Å². The Morgan fingerprint density at radius 1 is 1.22 bits per heavy atom. The average Bonchev–Trinajstić information content (AvgIpc) is 3.40. The van der Waals surface area contributed by atoms with Crippen molar-refractivity contribution in [3.05, 3.63) is 65.9 Å². The topological polar surface area (TPSA) is 112 Å². The van der Waals surface area contributed by atoms with Crippen LogP contribution in [0.25, 0.3) is 17.0 Å². The lowest BCUT2D eigenvalue weighted by molar-refractivity contribution is -0.147. The molecular weight excluding hydrogens is 410 g/mol. The summed E-state index contributed by atoms with van der Waals surface area (Å²) in [7, 11) is 0. The standard InChI is InChI=1S/C23H23N5O4/c1-14(2)31-21(29)10-9-20-26-22(27-32-20)16-8-7-15(3)17(12-16)25-23(30)18-13-24-19-6-4-5-11-28(18)19/h4-8,11-14H,9-10H2,1-3H3,(H,25,30). The SMILES string of the molecule is Cc1ccc(-c2noc(CCC(=O)OC(C)C)n2)cc1NC(=O)c1cnc2ccccn12. The lowest BCUT2D eigenvalue weighted by atomic mass is 10.1. The number of carbonyl (C=O) groups excluding carboxylic acids is 2. The van der Waals surface area contributed by atoms with Crippen LogP contribution in [0.2, 0.25) is 0 Å². The first kappa shape index (κ1) is 21.2. The van der Waals surface area contributed by atoms with E-state index in [-0.39, 0.29) is 24.4 Å². The number of hydrogen-bond donors (Lipinski definition) is 1. The van der Waals surface area contributed by atoms with E-state index in [9.17, 15) is 9.59 Å². The number of imidazole rings is 1.